The fourth-order valence-corrected chi connectivity index (χ4v) is 3.56. The quantitative estimate of drug-likeness (QED) is 0.560. The highest BCUT2D eigenvalue weighted by atomic mass is 35.5. The van der Waals surface area contributed by atoms with Crippen LogP contribution in [0.3, 0.4) is 0 Å². The monoisotopic (exact) mass is 450 g/mol. The molecule has 0 aromatic heterocycles. The minimum absolute atomic E-state index is 0.174. The first-order valence-corrected chi connectivity index (χ1v) is 10.9. The predicted octanol–water partition coefficient (Wildman–Crippen LogP) is 4.88. The van der Waals surface area contributed by atoms with Crippen LogP contribution in [0.5, 0.6) is 5.75 Å². The Morgan fingerprint density at radius 3 is 2.33 bits per heavy atom. The lowest BCUT2D eigenvalue weighted by Gasteiger charge is -2.30. The van der Waals surface area contributed by atoms with Gasteiger partial charge in [0.2, 0.25) is 5.91 Å². The lowest BCUT2D eigenvalue weighted by Crippen LogP contribution is -2.50. The second kappa shape index (κ2) is 11.8. The van der Waals surface area contributed by atoms with Crippen molar-refractivity contribution in [2.75, 3.05) is 13.2 Å². The van der Waals surface area contributed by atoms with Crippen LogP contribution >= 0.6 is 23.2 Å². The molecule has 30 heavy (non-hydrogen) atoms. The highest BCUT2D eigenvalue weighted by molar-refractivity contribution is 6.35. The Kier molecular flexibility index (Phi) is 9.47. The molecule has 0 fully saturated rings. The number of nitrogens with one attached hydrogen (secondary N) is 1. The Labute approximate surface area is 188 Å². The van der Waals surface area contributed by atoms with E-state index in [1.165, 1.54) is 10.5 Å². The predicted molar refractivity (Wildman–Crippen MR) is 121 cm³/mol. The summed E-state index contributed by atoms with van der Waals surface area (Å²) < 4.78 is 5.69. The molecule has 0 aliphatic heterocycles. The minimum Gasteiger partial charge on any atom is -0.484 e. The van der Waals surface area contributed by atoms with Crippen molar-refractivity contribution < 1.29 is 14.3 Å². The highest BCUT2D eigenvalue weighted by Gasteiger charge is 2.29. The zero-order chi connectivity index (χ0) is 22.1. The van der Waals surface area contributed by atoms with E-state index in [-0.39, 0.29) is 25.0 Å². The summed E-state index contributed by atoms with van der Waals surface area (Å²) in [7, 11) is 0. The average molecular weight is 451 g/mol. The molecular formula is C23H28Cl2N2O3. The Morgan fingerprint density at radius 2 is 1.77 bits per heavy atom. The third-order valence-corrected chi connectivity index (χ3v) is 5.37. The summed E-state index contributed by atoms with van der Waals surface area (Å²) in [5, 5.41) is 3.76. The molecule has 162 valence electrons. The molecule has 2 aromatic carbocycles. The van der Waals surface area contributed by atoms with Gasteiger partial charge in [-0.1, -0.05) is 55.2 Å². The van der Waals surface area contributed by atoms with Crippen molar-refractivity contribution in [1.29, 1.82) is 0 Å². The largest absolute Gasteiger partial charge is 0.484 e. The number of aryl methyl sites for hydroxylation is 1. The minimum atomic E-state index is -0.629. The molecule has 0 bridgehead atoms. The average Bonchev–Trinajstić information content (AvgIpc) is 2.74. The molecule has 1 N–H and O–H groups in total. The summed E-state index contributed by atoms with van der Waals surface area (Å²) in [5.74, 6) is 0.112. The SMILES string of the molecule is CCNC(=O)[C@@H](CC)N(Cc1ccc(Cl)cc1Cl)C(=O)COc1ccc(CC)cc1. The van der Waals surface area contributed by atoms with Gasteiger partial charge in [-0.2, -0.15) is 0 Å². The molecule has 2 rings (SSSR count). The van der Waals surface area contributed by atoms with E-state index in [1.54, 1.807) is 18.2 Å². The van der Waals surface area contributed by atoms with Crippen LogP contribution in [0.15, 0.2) is 42.5 Å². The van der Waals surface area contributed by atoms with Crippen molar-refractivity contribution in [3.63, 3.8) is 0 Å². The summed E-state index contributed by atoms with van der Waals surface area (Å²) in [6.45, 7) is 6.28. The zero-order valence-corrected chi connectivity index (χ0v) is 19.1. The normalized spacial score (nSPS) is 11.6. The number of carbonyl (C=O) groups excluding carboxylic acids is 2. The number of likely N-dealkylation sites (N-methyl/N-ethyl adjacent to an activating group) is 1. The van der Waals surface area contributed by atoms with Crippen LogP contribution in [0.4, 0.5) is 0 Å². The fraction of sp³-hybridized carbons (Fsp3) is 0.391. The Bertz CT molecular complexity index is 856. The Balaban J connectivity index is 2.21. The van der Waals surface area contributed by atoms with E-state index in [1.807, 2.05) is 38.1 Å². The number of benzene rings is 2. The molecule has 0 unspecified atom stereocenters. The van der Waals surface area contributed by atoms with Crippen molar-refractivity contribution in [3.8, 4) is 5.75 Å². The van der Waals surface area contributed by atoms with E-state index >= 15 is 0 Å². The standard InChI is InChI=1S/C23H28Cl2N2O3/c1-4-16-7-11-19(12-8-16)30-15-22(28)27(21(5-2)23(29)26-6-3)14-17-9-10-18(24)13-20(17)25/h7-13,21H,4-6,14-15H2,1-3H3,(H,26,29)/t21-/m1/s1. The second-order valence-electron chi connectivity index (χ2n) is 6.86. The molecule has 0 radical (unpaired) electrons. The van der Waals surface area contributed by atoms with E-state index in [4.69, 9.17) is 27.9 Å². The first-order valence-electron chi connectivity index (χ1n) is 10.1. The molecule has 0 heterocycles. The summed E-state index contributed by atoms with van der Waals surface area (Å²) in [6.07, 6.45) is 1.40. The number of ether oxygens (including phenoxy) is 1. The molecule has 1 atom stereocenters. The van der Waals surface area contributed by atoms with Gasteiger partial charge >= 0.3 is 0 Å². The van der Waals surface area contributed by atoms with Crippen molar-refractivity contribution in [2.45, 2.75) is 46.2 Å². The zero-order valence-electron chi connectivity index (χ0n) is 17.6. The molecule has 0 saturated carbocycles. The molecule has 0 aliphatic rings. The Morgan fingerprint density at radius 1 is 1.07 bits per heavy atom. The van der Waals surface area contributed by atoms with Crippen molar-refractivity contribution in [1.82, 2.24) is 10.2 Å². The summed E-state index contributed by atoms with van der Waals surface area (Å²) in [5.41, 5.74) is 1.90. The number of carbonyl (C=O) groups is 2. The molecule has 5 nitrogen and oxygen atoms in total. The molecule has 2 amide bonds. The van der Waals surface area contributed by atoms with Gasteiger partial charge < -0.3 is 15.0 Å². The maximum Gasteiger partial charge on any atom is 0.261 e. The Hall–Kier alpha value is -2.24. The molecule has 2 aromatic rings. The number of hydrogen-bond acceptors (Lipinski definition) is 3. The number of rotatable bonds is 10. The molecule has 0 aliphatic carbocycles. The van der Waals surface area contributed by atoms with Gasteiger partial charge in [-0.05, 0) is 55.2 Å². The molecular weight excluding hydrogens is 423 g/mol. The highest BCUT2D eigenvalue weighted by Crippen LogP contribution is 2.24. The maximum absolute atomic E-state index is 13.1. The van der Waals surface area contributed by atoms with Gasteiger partial charge in [-0.15, -0.1) is 0 Å². The number of halogens is 2. The van der Waals surface area contributed by atoms with Crippen LogP contribution in [-0.2, 0) is 22.6 Å². The van der Waals surface area contributed by atoms with Gasteiger partial charge in [0.15, 0.2) is 6.61 Å². The summed E-state index contributed by atoms with van der Waals surface area (Å²) >= 11 is 12.3. The third-order valence-electron chi connectivity index (χ3n) is 4.79. The number of amides is 2. The maximum atomic E-state index is 13.1. The van der Waals surface area contributed by atoms with Crippen molar-refractivity contribution in [2.24, 2.45) is 0 Å². The van der Waals surface area contributed by atoms with Crippen molar-refractivity contribution in [3.05, 3.63) is 63.6 Å². The summed E-state index contributed by atoms with van der Waals surface area (Å²) in [6, 6.07) is 12.1. The fourth-order valence-electron chi connectivity index (χ4n) is 3.09. The molecule has 7 heteroatoms. The first kappa shape index (κ1) is 24.0. The van der Waals surface area contributed by atoms with Crippen LogP contribution in [-0.4, -0.2) is 35.9 Å². The van der Waals surface area contributed by atoms with Crippen LogP contribution in [0.2, 0.25) is 10.0 Å². The third kappa shape index (κ3) is 6.64. The van der Waals surface area contributed by atoms with Gasteiger partial charge in [0, 0.05) is 23.1 Å². The number of nitrogens with zero attached hydrogens (tertiary/aromatic N) is 1. The molecule has 0 saturated heterocycles. The lowest BCUT2D eigenvalue weighted by molar-refractivity contribution is -0.142. The first-order chi connectivity index (χ1) is 14.4. The van der Waals surface area contributed by atoms with Crippen LogP contribution in [0.1, 0.15) is 38.3 Å². The van der Waals surface area contributed by atoms with Crippen LogP contribution in [0.25, 0.3) is 0 Å². The topological polar surface area (TPSA) is 58.6 Å². The van der Waals surface area contributed by atoms with Crippen molar-refractivity contribution >= 4 is 35.0 Å². The van der Waals surface area contributed by atoms with E-state index in [0.29, 0.717) is 34.3 Å². The van der Waals surface area contributed by atoms with Crippen LogP contribution in [0, 0.1) is 0 Å². The molecule has 0 spiro atoms. The van der Waals surface area contributed by atoms with Gasteiger partial charge in [-0.25, -0.2) is 0 Å². The van der Waals surface area contributed by atoms with E-state index in [0.717, 1.165) is 6.42 Å². The van der Waals surface area contributed by atoms with Crippen LogP contribution < -0.4 is 10.1 Å². The second-order valence-corrected chi connectivity index (χ2v) is 7.71. The van der Waals surface area contributed by atoms with Gasteiger partial charge in [-0.3, -0.25) is 9.59 Å². The smallest absolute Gasteiger partial charge is 0.261 e. The van der Waals surface area contributed by atoms with Gasteiger partial charge in [0.25, 0.3) is 5.91 Å². The van der Waals surface area contributed by atoms with E-state index in [9.17, 15) is 9.59 Å². The number of hydrogen-bond donors (Lipinski definition) is 1. The van der Waals surface area contributed by atoms with E-state index in [2.05, 4.69) is 12.2 Å². The lowest BCUT2D eigenvalue weighted by atomic mass is 10.1. The van der Waals surface area contributed by atoms with Gasteiger partial charge in [0.05, 0.1) is 0 Å². The summed E-state index contributed by atoms with van der Waals surface area (Å²) in [4.78, 5) is 27.2. The van der Waals surface area contributed by atoms with E-state index < -0.39 is 6.04 Å². The van der Waals surface area contributed by atoms with Gasteiger partial charge in [0.1, 0.15) is 11.8 Å².